The molecule has 0 fully saturated rings. The quantitative estimate of drug-likeness (QED) is 0.443. The third kappa shape index (κ3) is 2.86. The maximum absolute atomic E-state index is 12.0. The Hall–Kier alpha value is -1.87. The zero-order valence-corrected chi connectivity index (χ0v) is 13.8. The third-order valence-electron chi connectivity index (χ3n) is 2.72. The van der Waals surface area contributed by atoms with Crippen LogP contribution in [0, 0.1) is 6.92 Å². The molecule has 0 aliphatic carbocycles. The number of carbonyl (C=O) groups excluding carboxylic acids is 1. The van der Waals surface area contributed by atoms with Crippen LogP contribution in [0.5, 0.6) is 0 Å². The van der Waals surface area contributed by atoms with Crippen LogP contribution >= 0.6 is 11.3 Å². The van der Waals surface area contributed by atoms with Crippen molar-refractivity contribution in [2.45, 2.75) is 25.0 Å². The summed E-state index contributed by atoms with van der Waals surface area (Å²) in [6.45, 7) is 4.96. The van der Waals surface area contributed by atoms with Crippen molar-refractivity contribution in [1.82, 2.24) is 0 Å². The maximum atomic E-state index is 12.0. The highest BCUT2D eigenvalue weighted by molar-refractivity contribution is 7.93. The van der Waals surface area contributed by atoms with Gasteiger partial charge in [-0.2, -0.15) is 12.8 Å². The fourth-order valence-electron chi connectivity index (χ4n) is 1.92. The van der Waals surface area contributed by atoms with Crippen LogP contribution in [0.15, 0.2) is 26.2 Å². The van der Waals surface area contributed by atoms with Gasteiger partial charge in [0.1, 0.15) is 11.3 Å². The van der Waals surface area contributed by atoms with E-state index in [0.717, 1.165) is 16.2 Å². The highest BCUT2D eigenvalue weighted by Gasteiger charge is 2.36. The van der Waals surface area contributed by atoms with Gasteiger partial charge in [0, 0.05) is 10.4 Å². The molecular formula is C13H14NO6S2-. The van der Waals surface area contributed by atoms with Crippen LogP contribution < -0.4 is 5.11 Å². The number of rotatable bonds is 5. The maximum Gasteiger partial charge on any atom is 0.342 e. The molecule has 120 valence electrons. The second kappa shape index (κ2) is 6.09. The summed E-state index contributed by atoms with van der Waals surface area (Å²) in [6, 6.07) is 1.57. The van der Waals surface area contributed by atoms with Gasteiger partial charge in [-0.1, -0.05) is 6.92 Å². The normalized spacial score (nSPS) is 16.6. The average molecular weight is 344 g/mol. The second-order valence-electron chi connectivity index (χ2n) is 4.29. The molecule has 1 aromatic rings. The van der Waals surface area contributed by atoms with E-state index in [2.05, 4.69) is 4.40 Å². The number of hydrogen-bond donors (Lipinski definition) is 0. The topological polar surface area (TPSA) is 105 Å². The minimum Gasteiger partial charge on any atom is -0.613 e. The molecule has 1 aliphatic heterocycles. The number of ether oxygens (including phenoxy) is 2. The highest BCUT2D eigenvalue weighted by atomic mass is 32.2. The lowest BCUT2D eigenvalue weighted by Crippen LogP contribution is -2.24. The smallest absolute Gasteiger partial charge is 0.342 e. The van der Waals surface area contributed by atoms with Crippen molar-refractivity contribution in [3.8, 4) is 0 Å². The molecule has 0 saturated carbocycles. The van der Waals surface area contributed by atoms with E-state index in [-0.39, 0.29) is 28.7 Å². The van der Waals surface area contributed by atoms with Gasteiger partial charge in [0.15, 0.2) is 4.21 Å². The Labute approximate surface area is 131 Å². The van der Waals surface area contributed by atoms with Crippen LogP contribution in [-0.4, -0.2) is 33.3 Å². The minimum atomic E-state index is -3.91. The molecule has 9 heteroatoms. The lowest BCUT2D eigenvalue weighted by Gasteiger charge is -2.17. The van der Waals surface area contributed by atoms with Crippen LogP contribution in [0.1, 0.15) is 24.3 Å². The number of thiophene rings is 1. The highest BCUT2D eigenvalue weighted by Crippen LogP contribution is 2.36. The fourth-order valence-corrected chi connectivity index (χ4v) is 4.53. The summed E-state index contributed by atoms with van der Waals surface area (Å²) in [7, 11) is -3.91. The first kappa shape index (κ1) is 16.5. The number of hydrogen-bond acceptors (Lipinski definition) is 7. The van der Waals surface area contributed by atoms with Gasteiger partial charge in [0.05, 0.1) is 12.6 Å². The molecule has 0 spiro atoms. The summed E-state index contributed by atoms with van der Waals surface area (Å²) in [5.41, 5.74) is -0.473. The lowest BCUT2D eigenvalue weighted by atomic mass is 10.1. The van der Waals surface area contributed by atoms with Crippen molar-refractivity contribution in [2.75, 3.05) is 13.2 Å². The van der Waals surface area contributed by atoms with Crippen LogP contribution in [0.3, 0.4) is 0 Å². The average Bonchev–Trinajstić information content (AvgIpc) is 2.90. The molecule has 0 amide bonds. The Morgan fingerprint density at radius 1 is 1.32 bits per heavy atom. The zero-order chi connectivity index (χ0) is 16.5. The van der Waals surface area contributed by atoms with Crippen LogP contribution in [-0.2, 0) is 24.3 Å². The van der Waals surface area contributed by atoms with Gasteiger partial charge in [-0.3, -0.25) is 0 Å². The van der Waals surface area contributed by atoms with Gasteiger partial charge in [-0.15, -0.1) is 11.3 Å². The number of fused-ring (bicyclic) bond motifs is 1. The number of aryl methyl sites for hydroxylation is 1. The SMILES string of the molecule is CCOC(=O)/C(C1=NS(=O)(=O)c2sc(C)cc21)=C(/[O-])OCC. The summed E-state index contributed by atoms with van der Waals surface area (Å²) in [5.74, 6) is -1.90. The van der Waals surface area contributed by atoms with Crippen molar-refractivity contribution in [1.29, 1.82) is 0 Å². The van der Waals surface area contributed by atoms with E-state index >= 15 is 0 Å². The van der Waals surface area contributed by atoms with Crippen molar-refractivity contribution < 1.29 is 27.8 Å². The molecule has 7 nitrogen and oxygen atoms in total. The molecule has 0 atom stereocenters. The molecule has 0 saturated heterocycles. The Morgan fingerprint density at radius 2 is 1.95 bits per heavy atom. The van der Waals surface area contributed by atoms with E-state index < -0.39 is 27.5 Å². The van der Waals surface area contributed by atoms with Gasteiger partial charge in [0.25, 0.3) is 10.0 Å². The van der Waals surface area contributed by atoms with Crippen molar-refractivity contribution in [2.24, 2.45) is 4.40 Å². The molecule has 0 aromatic carbocycles. The van der Waals surface area contributed by atoms with Crippen molar-refractivity contribution in [3.63, 3.8) is 0 Å². The first-order chi connectivity index (χ1) is 10.3. The molecule has 1 aliphatic rings. The van der Waals surface area contributed by atoms with Crippen LogP contribution in [0.25, 0.3) is 0 Å². The lowest BCUT2D eigenvalue weighted by molar-refractivity contribution is -0.357. The van der Waals surface area contributed by atoms with E-state index in [4.69, 9.17) is 9.47 Å². The summed E-state index contributed by atoms with van der Waals surface area (Å²) in [4.78, 5) is 12.8. The molecule has 2 rings (SSSR count). The summed E-state index contributed by atoms with van der Waals surface area (Å²) in [6.07, 6.45) is 0. The largest absolute Gasteiger partial charge is 0.613 e. The Kier molecular flexibility index (Phi) is 4.57. The molecule has 22 heavy (non-hydrogen) atoms. The summed E-state index contributed by atoms with van der Waals surface area (Å²) in [5, 5.41) is 12.0. The predicted octanol–water partition coefficient (Wildman–Crippen LogP) is 0.719. The summed E-state index contributed by atoms with van der Waals surface area (Å²) >= 11 is 1.03. The molecule has 0 N–H and O–H groups in total. The number of sulfonamides is 1. The minimum absolute atomic E-state index is 0.0195. The van der Waals surface area contributed by atoms with E-state index in [1.165, 1.54) is 0 Å². The van der Waals surface area contributed by atoms with Gasteiger partial charge in [-0.05, 0) is 26.5 Å². The molecule has 1 aromatic heterocycles. The van der Waals surface area contributed by atoms with Gasteiger partial charge < -0.3 is 14.6 Å². The monoisotopic (exact) mass is 344 g/mol. The standard InChI is InChI=1S/C13H15NO6S2/c1-4-19-11(15)9(12(16)20-5-2)10-8-6-7(3)21-13(8)22(17,18)14-10/h6,15H,4-5H2,1-3H3/p-1/b11-9-. The van der Waals surface area contributed by atoms with Gasteiger partial charge in [-0.25, -0.2) is 4.79 Å². The third-order valence-corrected chi connectivity index (χ3v) is 5.56. The van der Waals surface area contributed by atoms with E-state index in [1.807, 2.05) is 0 Å². The molecule has 0 bridgehead atoms. The first-order valence-corrected chi connectivity index (χ1v) is 8.74. The fraction of sp³-hybridized carbons (Fsp3) is 0.385. The summed E-state index contributed by atoms with van der Waals surface area (Å²) < 4.78 is 37.3. The predicted molar refractivity (Wildman–Crippen MR) is 78.1 cm³/mol. The number of esters is 1. The second-order valence-corrected chi connectivity index (χ2v) is 7.34. The number of nitrogens with zero attached hydrogens (tertiary/aromatic N) is 1. The zero-order valence-electron chi connectivity index (χ0n) is 12.2. The molecular weight excluding hydrogens is 330 g/mol. The molecule has 0 radical (unpaired) electrons. The van der Waals surface area contributed by atoms with Crippen molar-refractivity contribution >= 4 is 33.0 Å². The van der Waals surface area contributed by atoms with E-state index in [0.29, 0.717) is 0 Å². The van der Waals surface area contributed by atoms with Crippen LogP contribution in [0.4, 0.5) is 0 Å². The van der Waals surface area contributed by atoms with E-state index in [9.17, 15) is 18.3 Å². The Morgan fingerprint density at radius 3 is 2.55 bits per heavy atom. The Balaban J connectivity index is 2.64. The van der Waals surface area contributed by atoms with Gasteiger partial charge >= 0.3 is 5.97 Å². The van der Waals surface area contributed by atoms with E-state index in [1.54, 1.807) is 26.8 Å². The van der Waals surface area contributed by atoms with Gasteiger partial charge in [0.2, 0.25) is 0 Å². The van der Waals surface area contributed by atoms with Crippen LogP contribution in [0.2, 0.25) is 0 Å². The number of carbonyl (C=O) groups is 1. The van der Waals surface area contributed by atoms with Crippen molar-refractivity contribution in [3.05, 3.63) is 28.0 Å². The Bertz CT molecular complexity index is 772. The molecule has 2 heterocycles. The molecule has 0 unspecified atom stereocenters. The first-order valence-electron chi connectivity index (χ1n) is 6.49.